The topological polar surface area (TPSA) is 47.1 Å². The Balaban J connectivity index is 2.21. The van der Waals surface area contributed by atoms with Crippen molar-refractivity contribution in [3.8, 4) is 0 Å². The number of hydrogen-bond acceptors (Lipinski definition) is 3. The molecular formula is C14H20N4. The lowest BCUT2D eigenvalue weighted by Crippen LogP contribution is -2.24. The van der Waals surface area contributed by atoms with Crippen molar-refractivity contribution in [1.82, 2.24) is 9.78 Å². The number of nitrogen functional groups attached to an aromatic ring is 1. The molecule has 4 heteroatoms. The van der Waals surface area contributed by atoms with Crippen LogP contribution in [0.25, 0.3) is 0 Å². The third-order valence-corrected chi connectivity index (χ3v) is 2.85. The van der Waals surface area contributed by atoms with Crippen molar-refractivity contribution in [3.05, 3.63) is 42.1 Å². The molecule has 1 aromatic heterocycles. The molecule has 2 aromatic rings. The van der Waals surface area contributed by atoms with Crippen molar-refractivity contribution >= 4 is 11.5 Å². The smallest absolute Gasteiger partial charge is 0.174 e. The van der Waals surface area contributed by atoms with Gasteiger partial charge >= 0.3 is 0 Å². The van der Waals surface area contributed by atoms with Crippen molar-refractivity contribution in [1.29, 1.82) is 0 Å². The number of benzene rings is 1. The molecule has 0 fully saturated rings. The van der Waals surface area contributed by atoms with Crippen LogP contribution in [0.2, 0.25) is 0 Å². The van der Waals surface area contributed by atoms with Gasteiger partial charge in [-0.3, -0.25) is 4.68 Å². The van der Waals surface area contributed by atoms with E-state index in [2.05, 4.69) is 41.2 Å². The Morgan fingerprint density at radius 2 is 2.00 bits per heavy atom. The zero-order valence-corrected chi connectivity index (χ0v) is 11.0. The number of aryl methyl sites for hydroxylation is 1. The van der Waals surface area contributed by atoms with Gasteiger partial charge in [-0.1, -0.05) is 37.3 Å². The standard InChI is InChI=1S/C14H20N4/c1-3-9-18(10-12-7-5-4-6-8-12)14-13(15)11-17(2)16-14/h4-8,11H,3,9-10,15H2,1-2H3. The molecule has 0 spiro atoms. The molecule has 0 saturated carbocycles. The summed E-state index contributed by atoms with van der Waals surface area (Å²) in [5.74, 6) is 0.878. The average Bonchev–Trinajstić information content (AvgIpc) is 2.69. The minimum atomic E-state index is 0.738. The summed E-state index contributed by atoms with van der Waals surface area (Å²) in [5, 5.41) is 4.44. The molecule has 0 aliphatic heterocycles. The zero-order valence-electron chi connectivity index (χ0n) is 11.0. The Morgan fingerprint density at radius 1 is 1.28 bits per heavy atom. The van der Waals surface area contributed by atoms with E-state index in [-0.39, 0.29) is 0 Å². The quantitative estimate of drug-likeness (QED) is 0.878. The first-order valence-corrected chi connectivity index (χ1v) is 6.28. The summed E-state index contributed by atoms with van der Waals surface area (Å²) in [6.45, 7) is 3.96. The highest BCUT2D eigenvalue weighted by molar-refractivity contribution is 5.61. The SMILES string of the molecule is CCCN(Cc1ccccc1)c1nn(C)cc1N. The number of nitrogens with zero attached hydrogens (tertiary/aromatic N) is 3. The summed E-state index contributed by atoms with van der Waals surface area (Å²) in [6, 6.07) is 10.4. The van der Waals surface area contributed by atoms with E-state index in [9.17, 15) is 0 Å². The molecule has 2 N–H and O–H groups in total. The van der Waals surface area contributed by atoms with Gasteiger partial charge in [-0.2, -0.15) is 5.10 Å². The van der Waals surface area contributed by atoms with E-state index >= 15 is 0 Å². The average molecular weight is 244 g/mol. The van der Waals surface area contributed by atoms with Crippen LogP contribution in [0.3, 0.4) is 0 Å². The number of aromatic nitrogens is 2. The molecule has 0 bridgehead atoms. The normalized spacial score (nSPS) is 10.6. The number of nitrogens with two attached hydrogens (primary N) is 1. The van der Waals surface area contributed by atoms with Gasteiger partial charge in [-0.15, -0.1) is 0 Å². The summed E-state index contributed by atoms with van der Waals surface area (Å²) in [4.78, 5) is 2.23. The fraction of sp³-hybridized carbons (Fsp3) is 0.357. The highest BCUT2D eigenvalue weighted by Crippen LogP contribution is 2.22. The third-order valence-electron chi connectivity index (χ3n) is 2.85. The van der Waals surface area contributed by atoms with E-state index < -0.39 is 0 Å². The summed E-state index contributed by atoms with van der Waals surface area (Å²) < 4.78 is 1.76. The molecule has 1 heterocycles. The summed E-state index contributed by atoms with van der Waals surface area (Å²) in [7, 11) is 1.90. The van der Waals surface area contributed by atoms with E-state index in [0.29, 0.717) is 0 Å². The van der Waals surface area contributed by atoms with Gasteiger partial charge in [0.15, 0.2) is 5.82 Å². The molecule has 2 rings (SSSR count). The predicted molar refractivity (Wildman–Crippen MR) is 75.4 cm³/mol. The zero-order chi connectivity index (χ0) is 13.0. The molecule has 0 radical (unpaired) electrons. The Labute approximate surface area is 108 Å². The van der Waals surface area contributed by atoms with Gasteiger partial charge in [0, 0.05) is 26.3 Å². The first-order valence-electron chi connectivity index (χ1n) is 6.28. The van der Waals surface area contributed by atoms with Crippen molar-refractivity contribution in [2.75, 3.05) is 17.2 Å². The van der Waals surface area contributed by atoms with Crippen LogP contribution in [-0.2, 0) is 13.6 Å². The van der Waals surface area contributed by atoms with Crippen LogP contribution in [0.15, 0.2) is 36.5 Å². The van der Waals surface area contributed by atoms with Gasteiger partial charge in [-0.05, 0) is 12.0 Å². The van der Waals surface area contributed by atoms with Crippen LogP contribution in [0, 0.1) is 0 Å². The highest BCUT2D eigenvalue weighted by atomic mass is 15.3. The molecule has 0 amide bonds. The Bertz CT molecular complexity index is 490. The van der Waals surface area contributed by atoms with Gasteiger partial charge in [0.25, 0.3) is 0 Å². The molecule has 0 saturated heterocycles. The summed E-state index contributed by atoms with van der Waals surface area (Å²) in [5.41, 5.74) is 8.01. The largest absolute Gasteiger partial charge is 0.394 e. The molecule has 18 heavy (non-hydrogen) atoms. The number of hydrogen-bond donors (Lipinski definition) is 1. The number of rotatable bonds is 5. The van der Waals surface area contributed by atoms with Gasteiger partial charge in [0.1, 0.15) is 0 Å². The first-order chi connectivity index (χ1) is 8.70. The van der Waals surface area contributed by atoms with E-state index in [1.807, 2.05) is 19.3 Å². The van der Waals surface area contributed by atoms with Crippen molar-refractivity contribution in [3.63, 3.8) is 0 Å². The fourth-order valence-electron chi connectivity index (χ4n) is 2.07. The van der Waals surface area contributed by atoms with Crippen molar-refractivity contribution in [2.45, 2.75) is 19.9 Å². The van der Waals surface area contributed by atoms with Gasteiger partial charge in [0.05, 0.1) is 5.69 Å². The Kier molecular flexibility index (Phi) is 3.87. The fourth-order valence-corrected chi connectivity index (χ4v) is 2.07. The van der Waals surface area contributed by atoms with Crippen LogP contribution >= 0.6 is 0 Å². The predicted octanol–water partition coefficient (Wildman–Crippen LogP) is 2.42. The Morgan fingerprint density at radius 3 is 2.56 bits per heavy atom. The van der Waals surface area contributed by atoms with Crippen LogP contribution in [0.5, 0.6) is 0 Å². The van der Waals surface area contributed by atoms with Crippen molar-refractivity contribution in [2.24, 2.45) is 7.05 Å². The maximum absolute atomic E-state index is 6.00. The minimum absolute atomic E-state index is 0.738. The summed E-state index contributed by atoms with van der Waals surface area (Å²) in [6.07, 6.45) is 2.92. The van der Waals surface area contributed by atoms with Gasteiger partial charge < -0.3 is 10.6 Å². The molecule has 1 aromatic carbocycles. The first kappa shape index (κ1) is 12.5. The van der Waals surface area contributed by atoms with E-state index in [1.165, 1.54) is 5.56 Å². The van der Waals surface area contributed by atoms with E-state index in [4.69, 9.17) is 5.73 Å². The summed E-state index contributed by atoms with van der Waals surface area (Å²) >= 11 is 0. The molecule has 0 aliphatic carbocycles. The van der Waals surface area contributed by atoms with Crippen LogP contribution in [0.4, 0.5) is 11.5 Å². The lowest BCUT2D eigenvalue weighted by atomic mass is 10.2. The lowest BCUT2D eigenvalue weighted by Gasteiger charge is -2.22. The second-order valence-electron chi connectivity index (χ2n) is 4.49. The maximum atomic E-state index is 6.00. The monoisotopic (exact) mass is 244 g/mol. The molecule has 96 valence electrons. The van der Waals surface area contributed by atoms with Gasteiger partial charge in [-0.25, -0.2) is 0 Å². The maximum Gasteiger partial charge on any atom is 0.174 e. The van der Waals surface area contributed by atoms with E-state index in [1.54, 1.807) is 4.68 Å². The molecule has 4 nitrogen and oxygen atoms in total. The van der Waals surface area contributed by atoms with Crippen molar-refractivity contribution < 1.29 is 0 Å². The van der Waals surface area contributed by atoms with Gasteiger partial charge in [0.2, 0.25) is 0 Å². The second-order valence-corrected chi connectivity index (χ2v) is 4.49. The van der Waals surface area contributed by atoms with Crippen LogP contribution < -0.4 is 10.6 Å². The molecule has 0 aliphatic rings. The lowest BCUT2D eigenvalue weighted by molar-refractivity contribution is 0.715. The molecular weight excluding hydrogens is 224 g/mol. The molecule has 0 unspecified atom stereocenters. The number of anilines is 2. The van der Waals surface area contributed by atoms with Crippen LogP contribution in [0.1, 0.15) is 18.9 Å². The van der Waals surface area contributed by atoms with Crippen LogP contribution in [-0.4, -0.2) is 16.3 Å². The Hall–Kier alpha value is -1.97. The van der Waals surface area contributed by atoms with E-state index in [0.717, 1.165) is 31.0 Å². The second kappa shape index (κ2) is 5.58. The molecule has 0 atom stereocenters. The third kappa shape index (κ3) is 2.83. The highest BCUT2D eigenvalue weighted by Gasteiger charge is 2.13. The minimum Gasteiger partial charge on any atom is -0.394 e.